The smallest absolute Gasteiger partial charge is 0.335 e. The third-order valence-electron chi connectivity index (χ3n) is 12.1. The molecule has 31 nitrogen and oxygen atoms in total. The zero-order chi connectivity index (χ0) is 60.2. The molecular formula is C48H83N11O20. The Morgan fingerprint density at radius 3 is 1.10 bits per heavy atom. The van der Waals surface area contributed by atoms with Gasteiger partial charge in [0.1, 0.15) is 42.3 Å². The van der Waals surface area contributed by atoms with Crippen LogP contribution in [0, 0.1) is 0 Å². The van der Waals surface area contributed by atoms with E-state index in [1.807, 2.05) is 0 Å². The number of nitrogens with two attached hydrogens (primary N) is 2. The van der Waals surface area contributed by atoms with E-state index in [0.29, 0.717) is 17.9 Å². The highest BCUT2D eigenvalue weighted by molar-refractivity contribution is 5.98. The standard InChI is InChI=1S/C48H83N11O20/c1-4-5-6-7-8-9-10-11-12-13-14-19-38(66)57-39(40(67)48(76)77)46(73)53-32(21-23-37(50)65)43(70)56-34(26-60)44(71)52-31(20-22-36(49)64)42(69)51-30(17-15-24-58(78)28(2)62)41(68)55-35(27-61)45(72)54-33(47(74)75)18-16-25-59(79)29(3)63/h30-35,39-40,60-61,67,78-79H,4-27H2,1-3H3,(H2,49,64)(H2,50,65)(H,51,69)(H,52,71)(H,53,73)(H,54,72)(H,55,68)(H,56,70)(H,57,66)(H,74,75)(H,76,77)/t30-,31-,32-,33-,34-,35-,39-,40?/m0/s1. The van der Waals surface area contributed by atoms with Crippen LogP contribution in [0.5, 0.6) is 0 Å². The van der Waals surface area contributed by atoms with Gasteiger partial charge >= 0.3 is 11.9 Å². The minimum atomic E-state index is -2.54. The Bertz CT molecular complexity index is 2030. The van der Waals surface area contributed by atoms with Gasteiger partial charge in [-0.25, -0.2) is 19.7 Å². The Morgan fingerprint density at radius 1 is 0.418 bits per heavy atom. The molecule has 0 fully saturated rings. The number of nitrogens with zero attached hydrogens (tertiary/aromatic N) is 2. The second-order valence-electron chi connectivity index (χ2n) is 18.8. The van der Waals surface area contributed by atoms with Gasteiger partial charge < -0.3 is 74.2 Å². The number of aliphatic carboxylic acids is 2. The van der Waals surface area contributed by atoms with Crippen LogP contribution in [-0.2, 0) is 62.3 Å². The SMILES string of the molecule is CCCCCCCCCCCCCC(=O)N[C@H](C(=O)N[C@@H](CCC(N)=O)C(=O)N[C@@H](CO)C(=O)N[C@@H](CCC(N)=O)C(=O)N[C@@H](CCCN(O)C(C)=O)C(=O)N[C@@H](CO)C(=O)N[C@@H](CCCN(O)C(C)=O)C(=O)O)C(O)C(=O)O. The van der Waals surface area contributed by atoms with Crippen LogP contribution in [0.1, 0.15) is 149 Å². The van der Waals surface area contributed by atoms with E-state index in [9.17, 15) is 98.3 Å². The third-order valence-corrected chi connectivity index (χ3v) is 12.1. The van der Waals surface area contributed by atoms with E-state index >= 15 is 0 Å². The van der Waals surface area contributed by atoms with Gasteiger partial charge in [-0.15, -0.1) is 0 Å². The molecule has 79 heavy (non-hydrogen) atoms. The highest BCUT2D eigenvalue weighted by atomic mass is 16.5. The van der Waals surface area contributed by atoms with Gasteiger partial charge in [-0.1, -0.05) is 71.1 Å². The summed E-state index contributed by atoms with van der Waals surface area (Å²) in [5, 5.41) is 85.0. The van der Waals surface area contributed by atoms with Crippen LogP contribution < -0.4 is 48.7 Å². The van der Waals surface area contributed by atoms with Gasteiger partial charge in [0.05, 0.1) is 13.2 Å². The molecule has 18 N–H and O–H groups in total. The second-order valence-corrected chi connectivity index (χ2v) is 18.8. The Labute approximate surface area is 457 Å². The number of hydrogen-bond donors (Lipinski definition) is 16. The summed E-state index contributed by atoms with van der Waals surface area (Å²) in [6.45, 7) is 1.06. The van der Waals surface area contributed by atoms with Crippen molar-refractivity contribution < 1.29 is 98.3 Å². The highest BCUT2D eigenvalue weighted by Crippen LogP contribution is 2.13. The predicted octanol–water partition coefficient (Wildman–Crippen LogP) is -3.84. The number of aliphatic hydroxyl groups is 3. The van der Waals surface area contributed by atoms with Gasteiger partial charge in [0, 0.05) is 46.2 Å². The first-order valence-corrected chi connectivity index (χ1v) is 26.2. The number of rotatable bonds is 44. The lowest BCUT2D eigenvalue weighted by Crippen LogP contribution is -2.62. The first-order valence-electron chi connectivity index (χ1n) is 26.2. The van der Waals surface area contributed by atoms with E-state index in [1.165, 1.54) is 19.3 Å². The van der Waals surface area contributed by atoms with Crippen LogP contribution in [0.25, 0.3) is 0 Å². The number of carboxylic acids is 2. The number of carbonyl (C=O) groups is 13. The van der Waals surface area contributed by atoms with E-state index in [0.717, 1.165) is 52.4 Å². The maximum Gasteiger partial charge on any atom is 0.335 e. The molecule has 0 aliphatic rings. The molecule has 0 aromatic rings. The van der Waals surface area contributed by atoms with Crippen molar-refractivity contribution in [3.05, 3.63) is 0 Å². The molecule has 0 radical (unpaired) electrons. The summed E-state index contributed by atoms with van der Waals surface area (Å²) < 4.78 is 0. The average Bonchev–Trinajstić information content (AvgIpc) is 3.38. The fraction of sp³-hybridized carbons (Fsp3) is 0.729. The lowest BCUT2D eigenvalue weighted by molar-refractivity contribution is -0.163. The Kier molecular flexibility index (Phi) is 36.5. The molecule has 0 heterocycles. The summed E-state index contributed by atoms with van der Waals surface area (Å²) in [5.41, 5.74) is 10.6. The zero-order valence-electron chi connectivity index (χ0n) is 45.1. The molecular weight excluding hydrogens is 1050 g/mol. The number of hydroxylamine groups is 4. The number of carbonyl (C=O) groups excluding carboxylic acids is 11. The van der Waals surface area contributed by atoms with Crippen molar-refractivity contribution in [3.8, 4) is 0 Å². The summed E-state index contributed by atoms with van der Waals surface area (Å²) >= 11 is 0. The van der Waals surface area contributed by atoms with E-state index in [-0.39, 0.29) is 37.3 Å². The molecule has 450 valence electrons. The average molecular weight is 1130 g/mol. The summed E-state index contributed by atoms with van der Waals surface area (Å²) in [6, 6.07) is -13.2. The first-order chi connectivity index (χ1) is 37.2. The number of amides is 11. The zero-order valence-corrected chi connectivity index (χ0v) is 45.1. The van der Waals surface area contributed by atoms with Crippen molar-refractivity contribution >= 4 is 76.9 Å². The van der Waals surface area contributed by atoms with E-state index in [1.54, 1.807) is 0 Å². The summed E-state index contributed by atoms with van der Waals surface area (Å²) in [7, 11) is 0. The monoisotopic (exact) mass is 1130 g/mol. The predicted molar refractivity (Wildman–Crippen MR) is 274 cm³/mol. The van der Waals surface area contributed by atoms with E-state index in [2.05, 4.69) is 44.1 Å². The van der Waals surface area contributed by atoms with E-state index < -0.39 is 177 Å². The van der Waals surface area contributed by atoms with Crippen LogP contribution in [-0.4, -0.2) is 198 Å². The number of carboxylic acid groups (broad SMARTS) is 2. The van der Waals surface area contributed by atoms with Crippen molar-refractivity contribution in [2.24, 2.45) is 11.5 Å². The molecule has 0 aromatic heterocycles. The molecule has 0 bridgehead atoms. The molecule has 0 saturated heterocycles. The molecule has 8 atom stereocenters. The van der Waals surface area contributed by atoms with Crippen LogP contribution >= 0.6 is 0 Å². The van der Waals surface area contributed by atoms with Crippen LogP contribution in [0.2, 0.25) is 0 Å². The topological polar surface area (TPSA) is 506 Å². The Hall–Kier alpha value is -7.09. The lowest BCUT2D eigenvalue weighted by atomic mass is 10.0. The Morgan fingerprint density at radius 2 is 0.747 bits per heavy atom. The van der Waals surface area contributed by atoms with Crippen molar-refractivity contribution in [2.45, 2.75) is 198 Å². The fourth-order valence-corrected chi connectivity index (χ4v) is 7.48. The van der Waals surface area contributed by atoms with Gasteiger partial charge in [-0.2, -0.15) is 0 Å². The summed E-state index contributed by atoms with van der Waals surface area (Å²) in [4.78, 5) is 165. The van der Waals surface area contributed by atoms with Gasteiger partial charge in [-0.05, 0) is 44.9 Å². The van der Waals surface area contributed by atoms with Crippen molar-refractivity contribution in [1.29, 1.82) is 0 Å². The van der Waals surface area contributed by atoms with Crippen LogP contribution in [0.15, 0.2) is 0 Å². The molecule has 0 aliphatic carbocycles. The van der Waals surface area contributed by atoms with Gasteiger partial charge in [-0.3, -0.25) is 63.2 Å². The fourth-order valence-electron chi connectivity index (χ4n) is 7.48. The molecule has 0 aliphatic heterocycles. The summed E-state index contributed by atoms with van der Waals surface area (Å²) in [6.07, 6.45) is 4.41. The maximum atomic E-state index is 13.9. The van der Waals surface area contributed by atoms with Crippen LogP contribution in [0.4, 0.5) is 0 Å². The third kappa shape index (κ3) is 31.2. The largest absolute Gasteiger partial charge is 0.480 e. The number of aliphatic hydroxyl groups excluding tert-OH is 3. The molecule has 0 spiro atoms. The molecule has 0 aromatic carbocycles. The first kappa shape index (κ1) is 71.9. The molecule has 0 rings (SSSR count). The van der Waals surface area contributed by atoms with E-state index in [4.69, 9.17) is 11.5 Å². The van der Waals surface area contributed by atoms with Gasteiger partial charge in [0.15, 0.2) is 6.10 Å². The van der Waals surface area contributed by atoms with Crippen molar-refractivity contribution in [2.75, 3.05) is 26.3 Å². The molecule has 11 amide bonds. The number of unbranched alkanes of at least 4 members (excludes halogenated alkanes) is 10. The lowest BCUT2D eigenvalue weighted by Gasteiger charge is -2.27. The van der Waals surface area contributed by atoms with Crippen LogP contribution in [0.3, 0.4) is 0 Å². The molecule has 1 unspecified atom stereocenters. The minimum Gasteiger partial charge on any atom is -0.480 e. The second kappa shape index (κ2) is 40.1. The maximum absolute atomic E-state index is 13.9. The molecule has 0 saturated carbocycles. The normalized spacial score (nSPS) is 14.0. The number of primary amides is 2. The quantitative estimate of drug-likeness (QED) is 0.0158. The number of hydrogen-bond acceptors (Lipinski definition) is 18. The summed E-state index contributed by atoms with van der Waals surface area (Å²) in [5.74, 6) is -15.7. The van der Waals surface area contributed by atoms with Gasteiger partial charge in [0.2, 0.25) is 65.0 Å². The highest BCUT2D eigenvalue weighted by Gasteiger charge is 2.37. The number of nitrogens with one attached hydrogen (secondary N) is 7. The van der Waals surface area contributed by atoms with Crippen molar-refractivity contribution in [3.63, 3.8) is 0 Å². The molecule has 31 heteroatoms. The minimum absolute atomic E-state index is 0.127. The van der Waals surface area contributed by atoms with Crippen molar-refractivity contribution in [1.82, 2.24) is 47.3 Å². The van der Waals surface area contributed by atoms with Gasteiger partial charge in [0.25, 0.3) is 0 Å². The Balaban J connectivity index is 6.38.